The number of nitrogens with one attached hydrogen (secondary N) is 1. The lowest BCUT2D eigenvalue weighted by Crippen LogP contribution is -2.43. The third kappa shape index (κ3) is 2.78. The highest BCUT2D eigenvalue weighted by Crippen LogP contribution is 2.27. The van der Waals surface area contributed by atoms with Crippen LogP contribution >= 0.6 is 11.3 Å². The number of nitrogens with zero attached hydrogens (tertiary/aromatic N) is 2. The van der Waals surface area contributed by atoms with Gasteiger partial charge >= 0.3 is 10.2 Å². The van der Waals surface area contributed by atoms with Gasteiger partial charge in [-0.05, 0) is 24.6 Å². The normalized spacial score (nSPS) is 17.4. The lowest BCUT2D eigenvalue weighted by atomic mass is 10.2. The Morgan fingerprint density at radius 2 is 2.10 bits per heavy atom. The van der Waals surface area contributed by atoms with Gasteiger partial charge in [0.05, 0.1) is 23.4 Å². The van der Waals surface area contributed by atoms with Gasteiger partial charge in [-0.1, -0.05) is 17.4 Å². The van der Waals surface area contributed by atoms with Gasteiger partial charge < -0.3 is 4.74 Å². The number of anilines is 1. The molecular formula is C12H15N3O3S2. The van der Waals surface area contributed by atoms with E-state index < -0.39 is 10.2 Å². The van der Waals surface area contributed by atoms with Gasteiger partial charge in [-0.3, -0.25) is 0 Å². The zero-order chi connectivity index (χ0) is 14.2. The monoisotopic (exact) mass is 313 g/mol. The first-order valence-corrected chi connectivity index (χ1v) is 8.53. The fraction of sp³-hybridized carbons (Fsp3) is 0.417. The molecule has 1 fully saturated rings. The first kappa shape index (κ1) is 13.7. The number of aromatic nitrogens is 1. The number of ether oxygens (including phenoxy) is 1. The molecule has 0 saturated carbocycles. The molecule has 1 saturated heterocycles. The summed E-state index contributed by atoms with van der Waals surface area (Å²) in [7, 11) is -3.54. The molecule has 20 heavy (non-hydrogen) atoms. The Balaban J connectivity index is 1.84. The van der Waals surface area contributed by atoms with Gasteiger partial charge in [-0.2, -0.15) is 12.7 Å². The Labute approximate surface area is 121 Å². The van der Waals surface area contributed by atoms with Crippen LogP contribution in [0.2, 0.25) is 0 Å². The van der Waals surface area contributed by atoms with E-state index in [9.17, 15) is 8.42 Å². The Morgan fingerprint density at radius 3 is 2.85 bits per heavy atom. The SMILES string of the molecule is Cc1ccc2nc(NS(=O)(=O)N3CCOCC3)sc2c1. The van der Waals surface area contributed by atoms with Crippen molar-refractivity contribution >= 4 is 36.9 Å². The molecule has 108 valence electrons. The van der Waals surface area contributed by atoms with E-state index in [1.807, 2.05) is 25.1 Å². The molecular weight excluding hydrogens is 298 g/mol. The van der Waals surface area contributed by atoms with Crippen molar-refractivity contribution in [2.75, 3.05) is 31.0 Å². The van der Waals surface area contributed by atoms with Crippen LogP contribution in [0.4, 0.5) is 5.13 Å². The first-order chi connectivity index (χ1) is 9.54. The summed E-state index contributed by atoms with van der Waals surface area (Å²) in [5.41, 5.74) is 1.93. The van der Waals surface area contributed by atoms with E-state index in [4.69, 9.17) is 4.74 Å². The van der Waals surface area contributed by atoms with Crippen molar-refractivity contribution < 1.29 is 13.2 Å². The quantitative estimate of drug-likeness (QED) is 0.934. The third-order valence-corrected chi connectivity index (χ3v) is 5.63. The molecule has 0 amide bonds. The molecule has 8 heteroatoms. The summed E-state index contributed by atoms with van der Waals surface area (Å²) in [4.78, 5) is 4.30. The summed E-state index contributed by atoms with van der Waals surface area (Å²) >= 11 is 1.34. The average molecular weight is 313 g/mol. The summed E-state index contributed by atoms with van der Waals surface area (Å²) in [6.07, 6.45) is 0. The maximum absolute atomic E-state index is 12.2. The minimum Gasteiger partial charge on any atom is -0.379 e. The molecule has 6 nitrogen and oxygen atoms in total. The molecule has 2 heterocycles. The molecule has 1 aromatic heterocycles. The number of rotatable bonds is 3. The maximum Gasteiger partial charge on any atom is 0.303 e. The van der Waals surface area contributed by atoms with E-state index in [0.717, 1.165) is 15.8 Å². The standard InChI is InChI=1S/C12H15N3O3S2/c1-9-2-3-10-11(8-9)19-12(13-10)14-20(16,17)15-4-6-18-7-5-15/h2-3,8H,4-7H2,1H3,(H,13,14). The van der Waals surface area contributed by atoms with Crippen LogP contribution in [0.5, 0.6) is 0 Å². The van der Waals surface area contributed by atoms with E-state index in [2.05, 4.69) is 9.71 Å². The predicted octanol–water partition coefficient (Wildman–Crippen LogP) is 1.59. The molecule has 0 aliphatic carbocycles. The number of hydrogen-bond donors (Lipinski definition) is 1. The molecule has 0 atom stereocenters. The van der Waals surface area contributed by atoms with Gasteiger partial charge in [0.25, 0.3) is 0 Å². The van der Waals surface area contributed by atoms with Crippen molar-refractivity contribution in [2.24, 2.45) is 0 Å². The lowest BCUT2D eigenvalue weighted by Gasteiger charge is -2.25. The number of fused-ring (bicyclic) bond motifs is 1. The number of morpholine rings is 1. The Kier molecular flexibility index (Phi) is 3.63. The average Bonchev–Trinajstić information content (AvgIpc) is 2.80. The Morgan fingerprint density at radius 1 is 1.35 bits per heavy atom. The molecule has 0 bridgehead atoms. The van der Waals surface area contributed by atoms with Gasteiger partial charge in [-0.15, -0.1) is 0 Å². The van der Waals surface area contributed by atoms with E-state index in [-0.39, 0.29) is 0 Å². The lowest BCUT2D eigenvalue weighted by molar-refractivity contribution is 0.0733. The van der Waals surface area contributed by atoms with Crippen molar-refractivity contribution in [3.8, 4) is 0 Å². The maximum atomic E-state index is 12.2. The zero-order valence-electron chi connectivity index (χ0n) is 11.0. The molecule has 1 aliphatic heterocycles. The summed E-state index contributed by atoms with van der Waals surface area (Å²) in [6.45, 7) is 3.61. The second-order valence-electron chi connectivity index (χ2n) is 4.61. The minimum absolute atomic E-state index is 0.374. The van der Waals surface area contributed by atoms with Crippen LogP contribution in [0, 0.1) is 6.92 Å². The van der Waals surface area contributed by atoms with E-state index in [1.165, 1.54) is 15.6 Å². The highest BCUT2D eigenvalue weighted by atomic mass is 32.2. The van der Waals surface area contributed by atoms with Crippen molar-refractivity contribution in [1.29, 1.82) is 0 Å². The highest BCUT2D eigenvalue weighted by molar-refractivity contribution is 7.90. The number of hydrogen-bond acceptors (Lipinski definition) is 5. The van der Waals surface area contributed by atoms with E-state index in [0.29, 0.717) is 31.4 Å². The van der Waals surface area contributed by atoms with Crippen LogP contribution in [0.1, 0.15) is 5.56 Å². The van der Waals surface area contributed by atoms with Crippen LogP contribution in [-0.4, -0.2) is 44.0 Å². The van der Waals surface area contributed by atoms with E-state index in [1.54, 1.807) is 0 Å². The zero-order valence-corrected chi connectivity index (χ0v) is 12.6. The molecule has 2 aromatic rings. The number of thiazole rings is 1. The molecule has 3 rings (SSSR count). The predicted molar refractivity (Wildman–Crippen MR) is 79.3 cm³/mol. The largest absolute Gasteiger partial charge is 0.379 e. The van der Waals surface area contributed by atoms with Crippen LogP contribution < -0.4 is 4.72 Å². The van der Waals surface area contributed by atoms with E-state index >= 15 is 0 Å². The molecule has 1 N–H and O–H groups in total. The smallest absolute Gasteiger partial charge is 0.303 e. The molecule has 0 radical (unpaired) electrons. The summed E-state index contributed by atoms with van der Waals surface area (Å²) in [5, 5.41) is 0.400. The van der Waals surface area contributed by atoms with Gasteiger partial charge in [0.1, 0.15) is 0 Å². The van der Waals surface area contributed by atoms with Gasteiger partial charge in [0.15, 0.2) is 5.13 Å². The van der Waals surface area contributed by atoms with Crippen molar-refractivity contribution in [2.45, 2.75) is 6.92 Å². The summed E-state index contributed by atoms with van der Waals surface area (Å²) in [5.74, 6) is 0. The van der Waals surface area contributed by atoms with Crippen LogP contribution in [0.25, 0.3) is 10.2 Å². The van der Waals surface area contributed by atoms with Crippen molar-refractivity contribution in [3.63, 3.8) is 0 Å². The minimum atomic E-state index is -3.54. The highest BCUT2D eigenvalue weighted by Gasteiger charge is 2.25. The fourth-order valence-corrected chi connectivity index (χ4v) is 4.36. The summed E-state index contributed by atoms with van der Waals surface area (Å²) in [6, 6.07) is 5.86. The second-order valence-corrected chi connectivity index (χ2v) is 7.31. The molecule has 1 aromatic carbocycles. The second kappa shape index (κ2) is 5.28. The molecule has 0 unspecified atom stereocenters. The first-order valence-electron chi connectivity index (χ1n) is 6.27. The summed E-state index contributed by atoms with van der Waals surface area (Å²) < 4.78 is 34.5. The van der Waals surface area contributed by atoms with Gasteiger partial charge in [0, 0.05) is 13.1 Å². The fourth-order valence-electron chi connectivity index (χ4n) is 2.04. The third-order valence-electron chi connectivity index (χ3n) is 3.07. The van der Waals surface area contributed by atoms with Gasteiger partial charge in [-0.25, -0.2) is 9.71 Å². The molecule has 1 aliphatic rings. The topological polar surface area (TPSA) is 71.5 Å². The number of aryl methyl sites for hydroxylation is 1. The molecule has 0 spiro atoms. The van der Waals surface area contributed by atoms with Crippen LogP contribution in [0.3, 0.4) is 0 Å². The van der Waals surface area contributed by atoms with Gasteiger partial charge in [0.2, 0.25) is 0 Å². The van der Waals surface area contributed by atoms with Crippen LogP contribution in [0.15, 0.2) is 18.2 Å². The Hall–Kier alpha value is -1.22. The number of benzene rings is 1. The van der Waals surface area contributed by atoms with Crippen molar-refractivity contribution in [1.82, 2.24) is 9.29 Å². The van der Waals surface area contributed by atoms with Crippen molar-refractivity contribution in [3.05, 3.63) is 23.8 Å². The Bertz CT molecular complexity index is 721. The van der Waals surface area contributed by atoms with Crippen LogP contribution in [-0.2, 0) is 14.9 Å².